The summed E-state index contributed by atoms with van der Waals surface area (Å²) in [6.45, 7) is 2.74. The summed E-state index contributed by atoms with van der Waals surface area (Å²) in [7, 11) is 0. The second-order valence-corrected chi connectivity index (χ2v) is 6.85. The summed E-state index contributed by atoms with van der Waals surface area (Å²) in [5.74, 6) is -0.376. The van der Waals surface area contributed by atoms with Gasteiger partial charge in [-0.2, -0.15) is 0 Å². The molecule has 1 aliphatic heterocycles. The van der Waals surface area contributed by atoms with Crippen LogP contribution in [0.2, 0.25) is 0 Å². The Hall–Kier alpha value is -1.79. The van der Waals surface area contributed by atoms with E-state index in [9.17, 15) is 9.18 Å². The lowest BCUT2D eigenvalue weighted by atomic mass is 9.99. The number of halogens is 1. The molecule has 3 rings (SSSR count). The summed E-state index contributed by atoms with van der Waals surface area (Å²) in [5, 5.41) is 6.01. The molecule has 2 heterocycles. The number of thiazole rings is 1. The molecule has 1 aromatic carbocycles. The molecular formula is C18H21FN2O2S. The fourth-order valence-corrected chi connectivity index (χ4v) is 3.65. The van der Waals surface area contributed by atoms with Crippen molar-refractivity contribution >= 4 is 17.2 Å². The Morgan fingerprint density at radius 1 is 1.46 bits per heavy atom. The van der Waals surface area contributed by atoms with Crippen molar-refractivity contribution in [2.75, 3.05) is 6.61 Å². The average Bonchev–Trinajstić information content (AvgIpc) is 3.25. The summed E-state index contributed by atoms with van der Waals surface area (Å²) in [6.07, 6.45) is 2.92. The normalized spacial score (nSPS) is 18.5. The first kappa shape index (κ1) is 17.0. The average molecular weight is 348 g/mol. The predicted molar refractivity (Wildman–Crippen MR) is 91.5 cm³/mol. The molecule has 0 aliphatic carbocycles. The molecule has 0 radical (unpaired) electrons. The molecule has 4 nitrogen and oxygen atoms in total. The molecular weight excluding hydrogens is 327 g/mol. The van der Waals surface area contributed by atoms with Crippen LogP contribution in [0.15, 0.2) is 29.6 Å². The van der Waals surface area contributed by atoms with Gasteiger partial charge in [-0.3, -0.25) is 4.79 Å². The van der Waals surface area contributed by atoms with Crippen molar-refractivity contribution in [1.82, 2.24) is 10.3 Å². The molecule has 2 atom stereocenters. The molecule has 0 saturated carbocycles. The van der Waals surface area contributed by atoms with E-state index in [1.807, 2.05) is 12.3 Å². The van der Waals surface area contributed by atoms with Gasteiger partial charge in [0.15, 0.2) is 0 Å². The molecule has 0 spiro atoms. The fraction of sp³-hybridized carbons (Fsp3) is 0.444. The Kier molecular flexibility index (Phi) is 5.58. The van der Waals surface area contributed by atoms with Gasteiger partial charge in [0.2, 0.25) is 5.91 Å². The number of nitrogens with one attached hydrogen (secondary N) is 1. The first-order valence-corrected chi connectivity index (χ1v) is 9.13. The van der Waals surface area contributed by atoms with Gasteiger partial charge in [0.25, 0.3) is 0 Å². The quantitative estimate of drug-likeness (QED) is 0.870. The summed E-state index contributed by atoms with van der Waals surface area (Å²) in [4.78, 5) is 16.9. The zero-order valence-electron chi connectivity index (χ0n) is 13.6. The van der Waals surface area contributed by atoms with Crippen LogP contribution in [-0.4, -0.2) is 23.6 Å². The van der Waals surface area contributed by atoms with Crippen molar-refractivity contribution in [3.05, 3.63) is 51.7 Å². The van der Waals surface area contributed by atoms with Gasteiger partial charge in [0.1, 0.15) is 5.82 Å². The number of amides is 1. The van der Waals surface area contributed by atoms with Gasteiger partial charge >= 0.3 is 0 Å². The highest BCUT2D eigenvalue weighted by atomic mass is 32.1. The molecule has 0 bridgehead atoms. The third kappa shape index (κ3) is 4.19. The third-order valence-corrected chi connectivity index (χ3v) is 5.17. The number of rotatable bonds is 6. The Morgan fingerprint density at radius 2 is 2.25 bits per heavy atom. The molecule has 1 saturated heterocycles. The van der Waals surface area contributed by atoms with E-state index in [2.05, 4.69) is 10.3 Å². The predicted octanol–water partition coefficient (Wildman–Crippen LogP) is 3.42. The molecule has 128 valence electrons. The zero-order chi connectivity index (χ0) is 16.9. The third-order valence-electron chi connectivity index (χ3n) is 4.13. The van der Waals surface area contributed by atoms with Crippen LogP contribution < -0.4 is 5.32 Å². The number of hydrogen-bond donors (Lipinski definition) is 1. The highest BCUT2D eigenvalue weighted by Gasteiger charge is 2.28. The number of ether oxygens (including phenoxy) is 1. The van der Waals surface area contributed by atoms with Crippen molar-refractivity contribution in [1.29, 1.82) is 0 Å². The number of aryl methyl sites for hydroxylation is 1. The van der Waals surface area contributed by atoms with E-state index in [4.69, 9.17) is 4.74 Å². The molecule has 1 aromatic heterocycles. The van der Waals surface area contributed by atoms with Gasteiger partial charge in [-0.1, -0.05) is 19.1 Å². The second kappa shape index (κ2) is 7.85. The molecule has 24 heavy (non-hydrogen) atoms. The second-order valence-electron chi connectivity index (χ2n) is 5.91. The van der Waals surface area contributed by atoms with E-state index in [0.717, 1.165) is 35.5 Å². The fourth-order valence-electron chi connectivity index (χ4n) is 2.91. The topological polar surface area (TPSA) is 51.2 Å². The zero-order valence-corrected chi connectivity index (χ0v) is 14.4. The lowest BCUT2D eigenvalue weighted by Crippen LogP contribution is -2.37. The van der Waals surface area contributed by atoms with Crippen LogP contribution >= 0.6 is 11.3 Å². The van der Waals surface area contributed by atoms with Gasteiger partial charge in [-0.05, 0) is 37.0 Å². The molecule has 1 fully saturated rings. The maximum atomic E-state index is 13.2. The van der Waals surface area contributed by atoms with Gasteiger partial charge in [0, 0.05) is 12.0 Å². The number of benzene rings is 1. The highest BCUT2D eigenvalue weighted by molar-refractivity contribution is 7.09. The Labute approximate surface area is 145 Å². The van der Waals surface area contributed by atoms with Crippen molar-refractivity contribution in [2.24, 2.45) is 0 Å². The minimum Gasteiger partial charge on any atom is -0.376 e. The minimum atomic E-state index is -0.286. The van der Waals surface area contributed by atoms with E-state index in [1.165, 1.54) is 12.1 Å². The molecule has 1 N–H and O–H groups in total. The maximum Gasteiger partial charge on any atom is 0.226 e. The summed E-state index contributed by atoms with van der Waals surface area (Å²) >= 11 is 1.58. The van der Waals surface area contributed by atoms with E-state index < -0.39 is 0 Å². The molecule has 2 aromatic rings. The first-order chi connectivity index (χ1) is 11.7. The number of aromatic nitrogens is 1. The number of carbonyl (C=O) groups is 1. The van der Waals surface area contributed by atoms with Crippen molar-refractivity contribution in [2.45, 2.75) is 44.8 Å². The number of nitrogens with zero attached hydrogens (tertiary/aromatic N) is 1. The van der Waals surface area contributed by atoms with Crippen LogP contribution in [0.25, 0.3) is 0 Å². The lowest BCUT2D eigenvalue weighted by molar-refractivity contribution is -0.122. The van der Waals surface area contributed by atoms with Crippen LogP contribution in [0.4, 0.5) is 4.39 Å². The van der Waals surface area contributed by atoms with Crippen molar-refractivity contribution in [3.63, 3.8) is 0 Å². The van der Waals surface area contributed by atoms with Crippen molar-refractivity contribution in [3.8, 4) is 0 Å². The lowest BCUT2D eigenvalue weighted by Gasteiger charge is -2.24. The monoisotopic (exact) mass is 348 g/mol. The standard InChI is InChI=1S/C18H21FN2O2S/c1-2-17-20-14(11-24-17)10-16(22)21-18(15-4-3-9-23-15)12-5-7-13(19)8-6-12/h5-8,11,15,18H,2-4,9-10H2,1H3,(H,21,22)/t15-,18-/m1/s1. The summed E-state index contributed by atoms with van der Waals surface area (Å²) < 4.78 is 18.9. The van der Waals surface area contributed by atoms with Crippen LogP contribution in [0, 0.1) is 5.82 Å². The van der Waals surface area contributed by atoms with Gasteiger partial charge in [-0.15, -0.1) is 11.3 Å². The highest BCUT2D eigenvalue weighted by Crippen LogP contribution is 2.27. The van der Waals surface area contributed by atoms with E-state index in [0.29, 0.717) is 6.61 Å². The van der Waals surface area contributed by atoms with Gasteiger partial charge in [-0.25, -0.2) is 9.37 Å². The SMILES string of the molecule is CCc1nc(CC(=O)N[C@H](c2ccc(F)cc2)[C@H]2CCCO2)cs1. The van der Waals surface area contributed by atoms with Gasteiger partial charge in [0.05, 0.1) is 29.3 Å². The molecule has 1 amide bonds. The maximum absolute atomic E-state index is 13.2. The molecule has 6 heteroatoms. The summed E-state index contributed by atoms with van der Waals surface area (Å²) in [5.41, 5.74) is 1.66. The molecule has 0 unspecified atom stereocenters. The number of carbonyl (C=O) groups excluding carboxylic acids is 1. The van der Waals surface area contributed by atoms with Crippen LogP contribution in [0.5, 0.6) is 0 Å². The van der Waals surface area contributed by atoms with Crippen molar-refractivity contribution < 1.29 is 13.9 Å². The van der Waals surface area contributed by atoms with E-state index >= 15 is 0 Å². The van der Waals surface area contributed by atoms with Crippen LogP contribution in [0.1, 0.15) is 42.1 Å². The Balaban J connectivity index is 1.70. The largest absolute Gasteiger partial charge is 0.376 e. The minimum absolute atomic E-state index is 0.0685. The Morgan fingerprint density at radius 3 is 2.88 bits per heavy atom. The number of hydrogen-bond acceptors (Lipinski definition) is 4. The van der Waals surface area contributed by atoms with Crippen LogP contribution in [-0.2, 0) is 22.4 Å². The van der Waals surface area contributed by atoms with Crippen LogP contribution in [0.3, 0.4) is 0 Å². The van der Waals surface area contributed by atoms with E-state index in [1.54, 1.807) is 23.5 Å². The smallest absolute Gasteiger partial charge is 0.226 e. The summed E-state index contributed by atoms with van der Waals surface area (Å²) in [6, 6.07) is 5.99. The first-order valence-electron chi connectivity index (χ1n) is 8.25. The van der Waals surface area contributed by atoms with Gasteiger partial charge < -0.3 is 10.1 Å². The van der Waals surface area contributed by atoms with E-state index in [-0.39, 0.29) is 30.3 Å². The Bertz CT molecular complexity index is 681. The molecule has 1 aliphatic rings.